The SMILES string of the molecule is CCN(CC)CCN1C(=O)C(=O)/C(=C(\O)c2ccc(OC)c(Cl)c2)C1c1ccco1. The Kier molecular flexibility index (Phi) is 6.84. The molecule has 1 unspecified atom stereocenters. The number of methoxy groups -OCH3 is 1. The third-order valence-corrected chi connectivity index (χ3v) is 5.62. The van der Waals surface area contributed by atoms with Crippen molar-refractivity contribution in [3.8, 4) is 5.75 Å². The van der Waals surface area contributed by atoms with Gasteiger partial charge in [-0.1, -0.05) is 25.4 Å². The molecule has 160 valence electrons. The summed E-state index contributed by atoms with van der Waals surface area (Å²) in [6.07, 6.45) is 1.48. The predicted molar refractivity (Wildman–Crippen MR) is 114 cm³/mol. The molecule has 0 saturated carbocycles. The van der Waals surface area contributed by atoms with Gasteiger partial charge in [-0.15, -0.1) is 0 Å². The number of likely N-dealkylation sites (N-methyl/N-ethyl adjacent to an activating group) is 1. The molecule has 2 aromatic rings. The Morgan fingerprint density at radius 1 is 1.27 bits per heavy atom. The first-order valence-electron chi connectivity index (χ1n) is 9.80. The van der Waals surface area contributed by atoms with Crippen LogP contribution in [-0.4, -0.2) is 59.9 Å². The number of benzene rings is 1. The summed E-state index contributed by atoms with van der Waals surface area (Å²) in [5.74, 6) is -0.861. The normalized spacial score (nSPS) is 18.4. The monoisotopic (exact) mass is 432 g/mol. The third kappa shape index (κ3) is 4.08. The summed E-state index contributed by atoms with van der Waals surface area (Å²) in [5, 5.41) is 11.3. The lowest BCUT2D eigenvalue weighted by Gasteiger charge is -2.26. The fourth-order valence-corrected chi connectivity index (χ4v) is 3.87. The molecule has 2 heterocycles. The van der Waals surface area contributed by atoms with E-state index >= 15 is 0 Å². The lowest BCUT2D eigenvalue weighted by Crippen LogP contribution is -2.37. The molecular formula is C22H25ClN2O5. The molecule has 3 rings (SSSR count). The molecule has 1 amide bonds. The van der Waals surface area contributed by atoms with Crippen LogP contribution in [0.5, 0.6) is 5.75 Å². The van der Waals surface area contributed by atoms with E-state index in [4.69, 9.17) is 20.8 Å². The Labute approximate surface area is 180 Å². The number of aliphatic hydroxyl groups excluding tert-OH is 1. The van der Waals surface area contributed by atoms with Crippen LogP contribution < -0.4 is 4.74 Å². The maximum atomic E-state index is 12.9. The van der Waals surface area contributed by atoms with Gasteiger partial charge >= 0.3 is 0 Å². The molecule has 0 spiro atoms. The number of amides is 1. The minimum Gasteiger partial charge on any atom is -0.507 e. The average molecular weight is 433 g/mol. The molecule has 0 bridgehead atoms. The highest BCUT2D eigenvalue weighted by Gasteiger charge is 2.47. The van der Waals surface area contributed by atoms with E-state index < -0.39 is 17.7 Å². The van der Waals surface area contributed by atoms with Gasteiger partial charge in [-0.05, 0) is 43.4 Å². The van der Waals surface area contributed by atoms with Gasteiger partial charge in [0.25, 0.3) is 11.7 Å². The fourth-order valence-electron chi connectivity index (χ4n) is 3.61. The van der Waals surface area contributed by atoms with Crippen molar-refractivity contribution in [2.24, 2.45) is 0 Å². The summed E-state index contributed by atoms with van der Waals surface area (Å²) in [6, 6.07) is 7.24. The van der Waals surface area contributed by atoms with Gasteiger partial charge in [-0.3, -0.25) is 9.59 Å². The van der Waals surface area contributed by atoms with Crippen LogP contribution in [-0.2, 0) is 9.59 Å². The van der Waals surface area contributed by atoms with E-state index in [0.717, 1.165) is 13.1 Å². The van der Waals surface area contributed by atoms with Gasteiger partial charge in [0.05, 0.1) is 24.0 Å². The van der Waals surface area contributed by atoms with Crippen molar-refractivity contribution in [2.45, 2.75) is 19.9 Å². The van der Waals surface area contributed by atoms with E-state index in [-0.39, 0.29) is 16.4 Å². The number of rotatable bonds is 8. The second-order valence-electron chi connectivity index (χ2n) is 6.88. The van der Waals surface area contributed by atoms with E-state index in [1.54, 1.807) is 24.3 Å². The summed E-state index contributed by atoms with van der Waals surface area (Å²) >= 11 is 6.18. The van der Waals surface area contributed by atoms with Crippen LogP contribution in [0.2, 0.25) is 5.02 Å². The number of likely N-dealkylation sites (tertiary alicyclic amines) is 1. The number of ketones is 1. The number of nitrogens with zero attached hydrogens (tertiary/aromatic N) is 2. The molecule has 7 nitrogen and oxygen atoms in total. The van der Waals surface area contributed by atoms with Crippen molar-refractivity contribution in [3.63, 3.8) is 0 Å². The van der Waals surface area contributed by atoms with Crippen LogP contribution in [0.4, 0.5) is 0 Å². The molecule has 1 atom stereocenters. The van der Waals surface area contributed by atoms with E-state index in [1.807, 2.05) is 13.8 Å². The second kappa shape index (κ2) is 9.36. The van der Waals surface area contributed by atoms with Gasteiger partial charge < -0.3 is 24.1 Å². The summed E-state index contributed by atoms with van der Waals surface area (Å²) < 4.78 is 10.7. The Hall–Kier alpha value is -2.77. The number of aliphatic hydroxyl groups is 1. The van der Waals surface area contributed by atoms with E-state index in [0.29, 0.717) is 30.2 Å². The van der Waals surface area contributed by atoms with Crippen LogP contribution in [0.1, 0.15) is 31.2 Å². The van der Waals surface area contributed by atoms with Crippen molar-refractivity contribution in [1.29, 1.82) is 0 Å². The van der Waals surface area contributed by atoms with Crippen LogP contribution >= 0.6 is 11.6 Å². The molecule has 1 aromatic heterocycles. The van der Waals surface area contributed by atoms with Crippen molar-refractivity contribution >= 4 is 29.1 Å². The van der Waals surface area contributed by atoms with E-state index in [1.165, 1.54) is 24.3 Å². The number of carbonyl (C=O) groups excluding carboxylic acids is 2. The van der Waals surface area contributed by atoms with Crippen LogP contribution in [0.25, 0.3) is 5.76 Å². The summed E-state index contributed by atoms with van der Waals surface area (Å²) in [5.41, 5.74) is 0.301. The molecular weight excluding hydrogens is 408 g/mol. The standard InChI is InChI=1S/C22H25ClN2O5/c1-4-24(5-2)10-11-25-19(17-7-6-12-30-17)18(21(27)22(25)28)20(26)14-8-9-16(29-3)15(23)13-14/h6-9,12-13,19,26H,4-5,10-11H2,1-3H3/b20-18-. The van der Waals surface area contributed by atoms with Gasteiger partial charge in [0, 0.05) is 18.7 Å². The van der Waals surface area contributed by atoms with Crippen LogP contribution in [0.3, 0.4) is 0 Å². The maximum absolute atomic E-state index is 12.9. The second-order valence-corrected chi connectivity index (χ2v) is 7.29. The van der Waals surface area contributed by atoms with Crippen LogP contribution in [0, 0.1) is 0 Å². The number of ether oxygens (including phenoxy) is 1. The Morgan fingerprint density at radius 2 is 2.00 bits per heavy atom. The van der Waals surface area contributed by atoms with Crippen molar-refractivity contribution in [3.05, 3.63) is 58.5 Å². The number of furan rings is 1. The highest BCUT2D eigenvalue weighted by Crippen LogP contribution is 2.40. The van der Waals surface area contributed by atoms with Crippen molar-refractivity contribution in [1.82, 2.24) is 9.80 Å². The van der Waals surface area contributed by atoms with Crippen molar-refractivity contribution < 1.29 is 23.8 Å². The minimum atomic E-state index is -0.809. The minimum absolute atomic E-state index is 0.0178. The Balaban J connectivity index is 2.05. The summed E-state index contributed by atoms with van der Waals surface area (Å²) in [7, 11) is 1.49. The van der Waals surface area contributed by atoms with E-state index in [9.17, 15) is 14.7 Å². The zero-order valence-corrected chi connectivity index (χ0v) is 18.0. The predicted octanol–water partition coefficient (Wildman–Crippen LogP) is 3.71. The maximum Gasteiger partial charge on any atom is 0.295 e. The molecule has 1 saturated heterocycles. The van der Waals surface area contributed by atoms with Gasteiger partial charge in [-0.2, -0.15) is 0 Å². The van der Waals surface area contributed by atoms with Gasteiger partial charge in [0.15, 0.2) is 0 Å². The smallest absolute Gasteiger partial charge is 0.295 e. The number of hydrogen-bond acceptors (Lipinski definition) is 6. The molecule has 0 aliphatic carbocycles. The molecule has 1 aliphatic heterocycles. The first kappa shape index (κ1) is 21.9. The zero-order valence-electron chi connectivity index (χ0n) is 17.2. The largest absolute Gasteiger partial charge is 0.507 e. The highest BCUT2D eigenvalue weighted by atomic mass is 35.5. The number of Topliss-reactive ketones (excluding diaryl/α,β-unsaturated/α-hetero) is 1. The van der Waals surface area contributed by atoms with E-state index in [2.05, 4.69) is 4.90 Å². The first-order chi connectivity index (χ1) is 14.4. The summed E-state index contributed by atoms with van der Waals surface area (Å²) in [6.45, 7) is 6.67. The van der Waals surface area contributed by atoms with Crippen molar-refractivity contribution in [2.75, 3.05) is 33.3 Å². The molecule has 30 heavy (non-hydrogen) atoms. The quantitative estimate of drug-likeness (QED) is 0.389. The fraction of sp³-hybridized carbons (Fsp3) is 0.364. The molecule has 8 heteroatoms. The molecule has 1 fully saturated rings. The van der Waals surface area contributed by atoms with Gasteiger partial charge in [0.1, 0.15) is 23.3 Å². The number of hydrogen-bond donors (Lipinski definition) is 1. The van der Waals surface area contributed by atoms with Crippen LogP contribution in [0.15, 0.2) is 46.6 Å². The lowest BCUT2D eigenvalue weighted by atomic mass is 9.99. The highest BCUT2D eigenvalue weighted by molar-refractivity contribution is 6.46. The summed E-state index contributed by atoms with van der Waals surface area (Å²) in [4.78, 5) is 29.4. The third-order valence-electron chi connectivity index (χ3n) is 5.33. The number of halogens is 1. The molecule has 1 aromatic carbocycles. The molecule has 0 radical (unpaired) electrons. The Morgan fingerprint density at radius 3 is 2.57 bits per heavy atom. The average Bonchev–Trinajstić information content (AvgIpc) is 3.36. The first-order valence-corrected chi connectivity index (χ1v) is 10.2. The zero-order chi connectivity index (χ0) is 21.8. The molecule has 1 N–H and O–H groups in total. The Bertz CT molecular complexity index is 950. The molecule has 1 aliphatic rings. The van der Waals surface area contributed by atoms with Gasteiger partial charge in [0.2, 0.25) is 0 Å². The number of carbonyl (C=O) groups is 2. The topological polar surface area (TPSA) is 83.2 Å². The van der Waals surface area contributed by atoms with Gasteiger partial charge in [-0.25, -0.2) is 0 Å². The lowest BCUT2D eigenvalue weighted by molar-refractivity contribution is -0.140.